The summed E-state index contributed by atoms with van der Waals surface area (Å²) >= 11 is 18.7. The Labute approximate surface area is 150 Å². The third-order valence-corrected chi connectivity index (χ3v) is 1.13. The number of rotatable bonds is 4. The zero-order valence-corrected chi connectivity index (χ0v) is 14.2. The van der Waals surface area contributed by atoms with Crippen molar-refractivity contribution in [2.75, 3.05) is 20.4 Å². The zero-order chi connectivity index (χ0) is 19.3. The van der Waals surface area contributed by atoms with Gasteiger partial charge in [0, 0.05) is 46.4 Å². The lowest BCUT2D eigenvalue weighted by Crippen LogP contribution is -2.02. The van der Waals surface area contributed by atoms with Crippen LogP contribution in [0.2, 0.25) is 0 Å². The van der Waals surface area contributed by atoms with E-state index in [2.05, 4.69) is 78.5 Å². The highest BCUT2D eigenvalue weighted by molar-refractivity contribution is 6.62. The molecule has 0 amide bonds. The van der Waals surface area contributed by atoms with Crippen molar-refractivity contribution in [2.45, 2.75) is 0 Å². The van der Waals surface area contributed by atoms with Gasteiger partial charge in [-0.25, -0.2) is 19.2 Å². The summed E-state index contributed by atoms with van der Waals surface area (Å²) in [6, 6.07) is 0. The fourth-order valence-corrected chi connectivity index (χ4v) is 0.422. The Bertz CT molecular complexity index is 280. The van der Waals surface area contributed by atoms with E-state index < -0.39 is 42.1 Å². The summed E-state index contributed by atoms with van der Waals surface area (Å²) in [5.74, 6) is 0. The number of carbonyl (C=O) groups excluding carboxylic acids is 4. The van der Waals surface area contributed by atoms with Gasteiger partial charge in [-0.1, -0.05) is 0 Å². The molecule has 0 aromatic heterocycles. The molecular formula is C9H12Cl4O10. The third kappa shape index (κ3) is 63.2. The number of aliphatic hydroxyl groups is 2. The van der Waals surface area contributed by atoms with E-state index >= 15 is 0 Å². The van der Waals surface area contributed by atoms with E-state index in [0.717, 1.165) is 0 Å². The SMILES string of the molecule is C=C.O=C(Cl)OCOC(=O)Cl.O=C(Cl)OCOC(=O)Cl.OCO. The summed E-state index contributed by atoms with van der Waals surface area (Å²) in [5.41, 5.74) is -4.19. The van der Waals surface area contributed by atoms with Gasteiger partial charge in [-0.2, -0.15) is 0 Å². The van der Waals surface area contributed by atoms with Crippen LogP contribution < -0.4 is 0 Å². The number of carbonyl (C=O) groups is 4. The van der Waals surface area contributed by atoms with Crippen molar-refractivity contribution in [3.8, 4) is 0 Å². The monoisotopic (exact) mass is 420 g/mol. The normalized spacial score (nSPS) is 7.39. The maximum atomic E-state index is 9.73. The topological polar surface area (TPSA) is 146 Å². The van der Waals surface area contributed by atoms with Crippen molar-refractivity contribution < 1.29 is 48.3 Å². The van der Waals surface area contributed by atoms with E-state index in [-0.39, 0.29) is 0 Å². The highest BCUT2D eigenvalue weighted by atomic mass is 35.5. The molecule has 0 aromatic carbocycles. The average Bonchev–Trinajstić information content (AvgIpc) is 2.41. The van der Waals surface area contributed by atoms with E-state index in [4.69, 9.17) is 10.2 Å². The van der Waals surface area contributed by atoms with Gasteiger partial charge in [-0.05, 0) is 0 Å². The molecule has 0 radical (unpaired) electrons. The molecule has 0 spiro atoms. The molecule has 0 aliphatic carbocycles. The minimum Gasteiger partial charge on any atom is -0.416 e. The second-order valence-corrected chi connectivity index (χ2v) is 3.14. The molecule has 0 aromatic rings. The van der Waals surface area contributed by atoms with Crippen molar-refractivity contribution in [3.05, 3.63) is 13.2 Å². The number of halogens is 4. The molecular weight excluding hydrogens is 410 g/mol. The van der Waals surface area contributed by atoms with Crippen molar-refractivity contribution in [2.24, 2.45) is 0 Å². The van der Waals surface area contributed by atoms with E-state index in [1.54, 1.807) is 0 Å². The lowest BCUT2D eigenvalue weighted by Gasteiger charge is -1.96. The number of hydrogen-bond acceptors (Lipinski definition) is 10. The van der Waals surface area contributed by atoms with E-state index in [1.807, 2.05) is 0 Å². The lowest BCUT2D eigenvalue weighted by atomic mass is 11.3. The first-order chi connectivity index (χ1) is 10.7. The van der Waals surface area contributed by atoms with Gasteiger partial charge in [0.25, 0.3) is 0 Å². The maximum absolute atomic E-state index is 9.73. The predicted octanol–water partition coefficient (Wildman–Crippen LogP) is 3.12. The Hall–Kier alpha value is -1.30. The molecule has 0 bridgehead atoms. The molecule has 0 atom stereocenters. The van der Waals surface area contributed by atoms with Crippen LogP contribution in [0.4, 0.5) is 19.2 Å². The molecule has 0 aliphatic heterocycles. The van der Waals surface area contributed by atoms with Gasteiger partial charge in [0.2, 0.25) is 13.6 Å². The molecule has 2 N–H and O–H groups in total. The Morgan fingerprint density at radius 1 is 0.652 bits per heavy atom. The van der Waals surface area contributed by atoms with Crippen molar-refractivity contribution in [1.29, 1.82) is 0 Å². The third-order valence-electron chi connectivity index (χ3n) is 0.690. The Morgan fingerprint density at radius 3 is 0.870 bits per heavy atom. The van der Waals surface area contributed by atoms with Gasteiger partial charge in [0.05, 0.1) is 0 Å². The minimum absolute atomic E-state index is 0.551. The smallest absolute Gasteiger partial charge is 0.406 e. The zero-order valence-electron chi connectivity index (χ0n) is 11.2. The summed E-state index contributed by atoms with van der Waals surface area (Å²) in [5, 5.41) is 14.2. The highest BCUT2D eigenvalue weighted by Gasteiger charge is 1.98. The fourth-order valence-electron chi connectivity index (χ4n) is 0.244. The van der Waals surface area contributed by atoms with Gasteiger partial charge in [-0.3, -0.25) is 0 Å². The van der Waals surface area contributed by atoms with Crippen LogP contribution in [0.1, 0.15) is 0 Å². The minimum atomic E-state index is -1.05. The summed E-state index contributed by atoms with van der Waals surface area (Å²) < 4.78 is 15.8. The number of hydrogen-bond donors (Lipinski definition) is 2. The Morgan fingerprint density at radius 2 is 0.783 bits per heavy atom. The molecule has 0 heterocycles. The molecule has 0 rings (SSSR count). The lowest BCUT2D eigenvalue weighted by molar-refractivity contribution is 0.0464. The summed E-state index contributed by atoms with van der Waals surface area (Å²) in [6.07, 6.45) is 0. The van der Waals surface area contributed by atoms with Crippen LogP contribution in [0, 0.1) is 0 Å². The molecule has 0 unspecified atom stereocenters. The first kappa shape index (κ1) is 29.7. The molecule has 136 valence electrons. The van der Waals surface area contributed by atoms with Crippen LogP contribution in [0.3, 0.4) is 0 Å². The first-order valence-corrected chi connectivity index (χ1v) is 6.19. The Balaban J connectivity index is -0.000000123. The summed E-state index contributed by atoms with van der Waals surface area (Å²) in [4.78, 5) is 38.9. The molecule has 10 nitrogen and oxygen atoms in total. The summed E-state index contributed by atoms with van der Waals surface area (Å²) in [6.45, 7) is 4.15. The van der Waals surface area contributed by atoms with E-state index in [9.17, 15) is 19.2 Å². The molecule has 0 saturated carbocycles. The van der Waals surface area contributed by atoms with Crippen LogP contribution >= 0.6 is 46.4 Å². The van der Waals surface area contributed by atoms with Gasteiger partial charge >= 0.3 is 21.7 Å². The fraction of sp³-hybridized carbons (Fsp3) is 0.333. The number of aliphatic hydroxyl groups excluding tert-OH is 1. The van der Waals surface area contributed by atoms with Crippen LogP contribution in [0.25, 0.3) is 0 Å². The van der Waals surface area contributed by atoms with Gasteiger partial charge < -0.3 is 29.2 Å². The highest BCUT2D eigenvalue weighted by Crippen LogP contribution is 1.91. The standard InChI is InChI=1S/2C3H2Cl2O4.C2H4.CH4O2/c2*4-2(6)8-1-9-3(5)7;1-2;2-1-3/h2*1H2;1-2H2;2-3H,1H2. The van der Waals surface area contributed by atoms with Gasteiger partial charge in [-0.15, -0.1) is 13.2 Å². The Kier molecular flexibility index (Phi) is 33.1. The maximum Gasteiger partial charge on any atom is 0.406 e. The number of ether oxygens (including phenoxy) is 4. The van der Waals surface area contributed by atoms with Crippen molar-refractivity contribution in [3.63, 3.8) is 0 Å². The molecule has 14 heteroatoms. The van der Waals surface area contributed by atoms with E-state index in [0.29, 0.717) is 0 Å². The van der Waals surface area contributed by atoms with Gasteiger partial charge in [0.1, 0.15) is 6.79 Å². The van der Waals surface area contributed by atoms with Crippen LogP contribution in [-0.4, -0.2) is 52.3 Å². The van der Waals surface area contributed by atoms with Crippen LogP contribution in [0.5, 0.6) is 0 Å². The van der Waals surface area contributed by atoms with Crippen molar-refractivity contribution >= 4 is 68.1 Å². The van der Waals surface area contributed by atoms with Crippen LogP contribution in [-0.2, 0) is 18.9 Å². The average molecular weight is 422 g/mol. The molecule has 0 aliphatic rings. The molecule has 0 fully saturated rings. The summed E-state index contributed by atoms with van der Waals surface area (Å²) in [7, 11) is 0. The first-order valence-electron chi connectivity index (χ1n) is 4.68. The molecule has 0 saturated heterocycles. The second-order valence-electron chi connectivity index (χ2n) is 1.91. The molecule has 23 heavy (non-hydrogen) atoms. The second kappa shape index (κ2) is 25.6. The predicted molar refractivity (Wildman–Crippen MR) is 79.6 cm³/mol. The van der Waals surface area contributed by atoms with Gasteiger partial charge in [0.15, 0.2) is 0 Å². The van der Waals surface area contributed by atoms with Crippen molar-refractivity contribution in [1.82, 2.24) is 0 Å². The van der Waals surface area contributed by atoms with E-state index in [1.165, 1.54) is 0 Å². The quantitative estimate of drug-likeness (QED) is 0.394. The van der Waals surface area contributed by atoms with Crippen LogP contribution in [0.15, 0.2) is 13.2 Å². The largest absolute Gasteiger partial charge is 0.416 e.